The van der Waals surface area contributed by atoms with Crippen LogP contribution in [-0.2, 0) is 0 Å². The molecule has 2 N–H and O–H groups in total. The van der Waals surface area contributed by atoms with Crippen molar-refractivity contribution in [2.24, 2.45) is 5.92 Å². The van der Waals surface area contributed by atoms with E-state index in [-0.39, 0.29) is 12.5 Å². The fourth-order valence-corrected chi connectivity index (χ4v) is 5.25. The van der Waals surface area contributed by atoms with Gasteiger partial charge in [0.05, 0.1) is 21.7 Å². The molecule has 4 rings (SSSR count). The summed E-state index contributed by atoms with van der Waals surface area (Å²) in [6.45, 7) is 2.41. The van der Waals surface area contributed by atoms with E-state index in [9.17, 15) is 9.90 Å². The Labute approximate surface area is 171 Å². The van der Waals surface area contributed by atoms with Crippen LogP contribution in [-0.4, -0.2) is 28.1 Å². The number of carbonyl (C=O) groups excluding carboxylic acids is 1. The molecule has 2 atom stereocenters. The zero-order chi connectivity index (χ0) is 19.7. The van der Waals surface area contributed by atoms with Crippen molar-refractivity contribution in [3.05, 3.63) is 40.5 Å². The van der Waals surface area contributed by atoms with E-state index in [1.54, 1.807) is 6.07 Å². The molecule has 2 saturated carbocycles. The van der Waals surface area contributed by atoms with Crippen molar-refractivity contribution in [3.63, 3.8) is 0 Å². The Hall–Kier alpha value is -1.65. The highest BCUT2D eigenvalue weighted by atomic mass is 35.5. The molecule has 1 aromatic heterocycles. The lowest BCUT2D eigenvalue weighted by atomic mass is 9.79. The summed E-state index contributed by atoms with van der Waals surface area (Å²) in [6, 6.07) is 7.67. The maximum absolute atomic E-state index is 13.0. The van der Waals surface area contributed by atoms with E-state index in [0.717, 1.165) is 42.3 Å². The van der Waals surface area contributed by atoms with E-state index in [2.05, 4.69) is 12.2 Å². The molecule has 2 aliphatic rings. The summed E-state index contributed by atoms with van der Waals surface area (Å²) >= 11 is 6.39. The van der Waals surface area contributed by atoms with Crippen molar-refractivity contribution in [2.45, 2.75) is 69.8 Å². The van der Waals surface area contributed by atoms with Crippen LogP contribution in [0.25, 0.3) is 10.9 Å². The predicted molar refractivity (Wildman–Crippen MR) is 113 cm³/mol. The van der Waals surface area contributed by atoms with Crippen molar-refractivity contribution < 1.29 is 9.90 Å². The average Bonchev–Trinajstić information content (AvgIpc) is 3.20. The van der Waals surface area contributed by atoms with Crippen molar-refractivity contribution in [2.75, 3.05) is 6.54 Å². The van der Waals surface area contributed by atoms with Crippen LogP contribution in [0.4, 0.5) is 0 Å². The zero-order valence-electron chi connectivity index (χ0n) is 16.5. The minimum atomic E-state index is -0.821. The number of aliphatic hydroxyl groups is 1. The number of aromatic nitrogens is 1. The van der Waals surface area contributed by atoms with Gasteiger partial charge in [0.1, 0.15) is 0 Å². The first-order valence-electron chi connectivity index (χ1n) is 10.5. The van der Waals surface area contributed by atoms with Crippen LogP contribution < -0.4 is 5.32 Å². The van der Waals surface area contributed by atoms with Gasteiger partial charge in [-0.1, -0.05) is 50.3 Å². The number of hydrogen-bond acceptors (Lipinski definition) is 3. The summed E-state index contributed by atoms with van der Waals surface area (Å²) in [4.78, 5) is 17.8. The maximum Gasteiger partial charge on any atom is 0.253 e. The number of nitrogens with zero attached hydrogens (tertiary/aromatic N) is 1. The third-order valence-corrected chi connectivity index (χ3v) is 6.80. The molecule has 1 aromatic carbocycles. The van der Waals surface area contributed by atoms with Crippen LogP contribution in [0.1, 0.15) is 80.3 Å². The SMILES string of the molecule is C[C@H]1CCC[C@@](O)(CNC(=O)c2c(Cl)ccc3nc(C4CCCC4)ccc23)C1. The van der Waals surface area contributed by atoms with Gasteiger partial charge in [0.15, 0.2) is 0 Å². The van der Waals surface area contributed by atoms with Crippen LogP contribution in [0.3, 0.4) is 0 Å². The summed E-state index contributed by atoms with van der Waals surface area (Å²) in [5.41, 5.74) is 1.56. The molecule has 2 fully saturated rings. The van der Waals surface area contributed by atoms with E-state index in [1.807, 2.05) is 18.2 Å². The number of amides is 1. The molecule has 2 aliphatic carbocycles. The van der Waals surface area contributed by atoms with Crippen molar-refractivity contribution in [3.8, 4) is 0 Å². The van der Waals surface area contributed by atoms with Crippen LogP contribution in [0, 0.1) is 5.92 Å². The quantitative estimate of drug-likeness (QED) is 0.739. The van der Waals surface area contributed by atoms with Gasteiger partial charge in [-0.25, -0.2) is 0 Å². The molecule has 1 amide bonds. The maximum atomic E-state index is 13.0. The Bertz CT molecular complexity index is 878. The van der Waals surface area contributed by atoms with Crippen LogP contribution in [0.2, 0.25) is 5.02 Å². The third kappa shape index (κ3) is 4.04. The number of nitrogens with one attached hydrogen (secondary N) is 1. The van der Waals surface area contributed by atoms with Crippen LogP contribution >= 0.6 is 11.6 Å². The molecule has 0 radical (unpaired) electrons. The third-order valence-electron chi connectivity index (χ3n) is 6.49. The first-order chi connectivity index (χ1) is 13.5. The lowest BCUT2D eigenvalue weighted by Gasteiger charge is -2.35. The van der Waals surface area contributed by atoms with Gasteiger partial charge in [0.25, 0.3) is 5.91 Å². The number of rotatable bonds is 4. The van der Waals surface area contributed by atoms with Gasteiger partial charge in [-0.05, 0) is 49.8 Å². The molecule has 4 nitrogen and oxygen atoms in total. The first kappa shape index (κ1) is 19.7. The summed E-state index contributed by atoms with van der Waals surface area (Å²) in [5, 5.41) is 14.9. The molecule has 0 saturated heterocycles. The predicted octanol–water partition coefficient (Wildman–Crippen LogP) is 5.22. The molecule has 2 aromatic rings. The van der Waals surface area contributed by atoms with E-state index >= 15 is 0 Å². The second kappa shape index (κ2) is 8.00. The Kier molecular flexibility index (Phi) is 5.62. The number of benzene rings is 1. The molecular formula is C23H29ClN2O2. The average molecular weight is 401 g/mol. The molecule has 0 aliphatic heterocycles. The topological polar surface area (TPSA) is 62.2 Å². The largest absolute Gasteiger partial charge is 0.388 e. The second-order valence-electron chi connectivity index (χ2n) is 8.82. The molecular weight excluding hydrogens is 372 g/mol. The smallest absolute Gasteiger partial charge is 0.253 e. The summed E-state index contributed by atoms with van der Waals surface area (Å²) in [7, 11) is 0. The van der Waals surface area contributed by atoms with Crippen LogP contribution in [0.15, 0.2) is 24.3 Å². The Morgan fingerprint density at radius 3 is 2.75 bits per heavy atom. The minimum Gasteiger partial charge on any atom is -0.388 e. The normalized spacial score (nSPS) is 25.9. The standard InChI is InChI=1S/C23H29ClN2O2/c1-15-5-4-12-23(28,13-15)14-25-22(27)21-17-8-10-19(16-6-2-3-7-16)26-20(17)11-9-18(21)24/h8-11,15-16,28H,2-7,12-14H2,1H3,(H,25,27)/t15-,23-/m0/s1. The van der Waals surface area contributed by atoms with Gasteiger partial charge in [-0.2, -0.15) is 0 Å². The summed E-state index contributed by atoms with van der Waals surface area (Å²) in [5.74, 6) is 0.771. The molecule has 1 heterocycles. The monoisotopic (exact) mass is 400 g/mol. The van der Waals surface area contributed by atoms with Crippen molar-refractivity contribution in [1.82, 2.24) is 10.3 Å². The lowest BCUT2D eigenvalue weighted by molar-refractivity contribution is -0.0109. The Balaban J connectivity index is 1.56. The Morgan fingerprint density at radius 1 is 1.21 bits per heavy atom. The highest BCUT2D eigenvalue weighted by Gasteiger charge is 2.33. The lowest BCUT2D eigenvalue weighted by Crippen LogP contribution is -2.45. The van der Waals surface area contributed by atoms with Gasteiger partial charge < -0.3 is 10.4 Å². The van der Waals surface area contributed by atoms with E-state index in [4.69, 9.17) is 16.6 Å². The fraction of sp³-hybridized carbons (Fsp3) is 0.565. The van der Waals surface area contributed by atoms with Gasteiger partial charge in [-0.15, -0.1) is 0 Å². The fourth-order valence-electron chi connectivity index (χ4n) is 5.00. The number of halogens is 1. The molecule has 0 spiro atoms. The highest BCUT2D eigenvalue weighted by molar-refractivity contribution is 6.35. The molecule has 150 valence electrons. The van der Waals surface area contributed by atoms with Crippen molar-refractivity contribution >= 4 is 28.4 Å². The highest BCUT2D eigenvalue weighted by Crippen LogP contribution is 2.35. The Morgan fingerprint density at radius 2 is 2.00 bits per heavy atom. The second-order valence-corrected chi connectivity index (χ2v) is 9.22. The summed E-state index contributed by atoms with van der Waals surface area (Å²) < 4.78 is 0. The van der Waals surface area contributed by atoms with Crippen LogP contribution in [0.5, 0.6) is 0 Å². The number of hydrogen-bond donors (Lipinski definition) is 2. The van der Waals surface area contributed by atoms with E-state index in [1.165, 1.54) is 25.7 Å². The molecule has 0 unspecified atom stereocenters. The minimum absolute atomic E-state index is 0.238. The molecule has 0 bridgehead atoms. The van der Waals surface area contributed by atoms with Gasteiger partial charge in [-0.3, -0.25) is 9.78 Å². The van der Waals surface area contributed by atoms with Crippen molar-refractivity contribution in [1.29, 1.82) is 0 Å². The summed E-state index contributed by atoms with van der Waals surface area (Å²) in [6.07, 6.45) is 8.50. The molecule has 5 heteroatoms. The number of fused-ring (bicyclic) bond motifs is 1. The van der Waals surface area contributed by atoms with E-state index in [0.29, 0.717) is 22.4 Å². The van der Waals surface area contributed by atoms with Gasteiger partial charge >= 0.3 is 0 Å². The van der Waals surface area contributed by atoms with E-state index < -0.39 is 5.60 Å². The van der Waals surface area contributed by atoms with Gasteiger partial charge in [0, 0.05) is 23.5 Å². The first-order valence-corrected chi connectivity index (χ1v) is 10.9. The van der Waals surface area contributed by atoms with Gasteiger partial charge in [0.2, 0.25) is 0 Å². The molecule has 28 heavy (non-hydrogen) atoms. The zero-order valence-corrected chi connectivity index (χ0v) is 17.3. The number of pyridine rings is 1. The number of carbonyl (C=O) groups is 1.